The summed E-state index contributed by atoms with van der Waals surface area (Å²) in [6, 6.07) is 9.37. The summed E-state index contributed by atoms with van der Waals surface area (Å²) in [6.45, 7) is 0. The summed E-state index contributed by atoms with van der Waals surface area (Å²) in [6.07, 6.45) is 0.797. The minimum Gasteiger partial charge on any atom is -0.298 e. The average molecular weight is 255 g/mol. The highest BCUT2D eigenvalue weighted by Crippen LogP contribution is 2.35. The van der Waals surface area contributed by atoms with E-state index in [-0.39, 0.29) is 0 Å². The molecule has 0 N–H and O–H groups in total. The highest BCUT2D eigenvalue weighted by atomic mass is 35.5. The molecule has 0 amide bonds. The molecule has 1 aromatic carbocycles. The lowest BCUT2D eigenvalue weighted by Crippen LogP contribution is -1.80. The van der Waals surface area contributed by atoms with Crippen LogP contribution in [0.4, 0.5) is 0 Å². The molecule has 0 atom stereocenters. The van der Waals surface area contributed by atoms with Crippen LogP contribution in [0.25, 0.3) is 0 Å². The van der Waals surface area contributed by atoms with E-state index in [9.17, 15) is 4.79 Å². The molecular formula is C11H7ClOS2. The van der Waals surface area contributed by atoms with Crippen molar-refractivity contribution in [1.29, 1.82) is 0 Å². The van der Waals surface area contributed by atoms with E-state index in [0.717, 1.165) is 11.2 Å². The van der Waals surface area contributed by atoms with E-state index in [4.69, 9.17) is 11.6 Å². The third-order valence-corrected chi connectivity index (χ3v) is 4.34. The summed E-state index contributed by atoms with van der Waals surface area (Å²) in [5.41, 5.74) is 0.607. The third kappa shape index (κ3) is 2.62. The fourth-order valence-electron chi connectivity index (χ4n) is 1.10. The van der Waals surface area contributed by atoms with Crippen molar-refractivity contribution in [1.82, 2.24) is 0 Å². The van der Waals surface area contributed by atoms with E-state index in [1.54, 1.807) is 35.2 Å². The maximum absolute atomic E-state index is 10.5. The van der Waals surface area contributed by atoms with Crippen LogP contribution in [-0.4, -0.2) is 6.29 Å². The molecule has 1 nitrogen and oxygen atoms in total. The quantitative estimate of drug-likeness (QED) is 0.757. The molecule has 0 aliphatic rings. The molecule has 0 saturated carbocycles. The Bertz CT molecular complexity index is 465. The Morgan fingerprint density at radius 1 is 1.33 bits per heavy atom. The normalized spacial score (nSPS) is 10.2. The fourth-order valence-corrected chi connectivity index (χ4v) is 3.14. The topological polar surface area (TPSA) is 17.1 Å². The summed E-state index contributed by atoms with van der Waals surface area (Å²) in [5.74, 6) is 0. The molecule has 2 rings (SSSR count). The minimum atomic E-state index is 0.607. The SMILES string of the molecule is O=Cc1ccc(Sc2cccs2)c(Cl)c1. The minimum absolute atomic E-state index is 0.607. The maximum Gasteiger partial charge on any atom is 0.150 e. The molecule has 0 aliphatic heterocycles. The molecule has 0 bridgehead atoms. The van der Waals surface area contributed by atoms with Gasteiger partial charge in [-0.05, 0) is 23.6 Å². The zero-order valence-electron chi connectivity index (χ0n) is 7.64. The van der Waals surface area contributed by atoms with Gasteiger partial charge in [-0.25, -0.2) is 0 Å². The van der Waals surface area contributed by atoms with E-state index < -0.39 is 0 Å². The molecule has 0 aliphatic carbocycles. The standard InChI is InChI=1S/C11H7ClOS2/c12-9-6-8(7-13)3-4-10(9)15-11-2-1-5-14-11/h1-7H. The van der Waals surface area contributed by atoms with Crippen LogP contribution in [0, 0.1) is 0 Å². The van der Waals surface area contributed by atoms with Crippen LogP contribution in [0.15, 0.2) is 44.8 Å². The van der Waals surface area contributed by atoms with Crippen molar-refractivity contribution in [2.24, 2.45) is 0 Å². The smallest absolute Gasteiger partial charge is 0.150 e. The second-order valence-corrected chi connectivity index (χ2v) is 5.54. The summed E-state index contributed by atoms with van der Waals surface area (Å²) in [5, 5.41) is 2.65. The lowest BCUT2D eigenvalue weighted by molar-refractivity contribution is 0.112. The molecule has 1 heterocycles. The van der Waals surface area contributed by atoms with Gasteiger partial charge >= 0.3 is 0 Å². The van der Waals surface area contributed by atoms with Gasteiger partial charge in [0.15, 0.2) is 0 Å². The van der Waals surface area contributed by atoms with Crippen LogP contribution in [0.2, 0.25) is 5.02 Å². The van der Waals surface area contributed by atoms with Gasteiger partial charge in [0.2, 0.25) is 0 Å². The van der Waals surface area contributed by atoms with Crippen molar-refractivity contribution < 1.29 is 4.79 Å². The van der Waals surface area contributed by atoms with Crippen molar-refractivity contribution in [3.05, 3.63) is 46.3 Å². The fraction of sp³-hybridized carbons (Fsp3) is 0. The van der Waals surface area contributed by atoms with E-state index in [1.165, 1.54) is 4.21 Å². The predicted molar refractivity (Wildman–Crippen MR) is 65.3 cm³/mol. The first-order chi connectivity index (χ1) is 7.29. The van der Waals surface area contributed by atoms with Crippen molar-refractivity contribution in [2.75, 3.05) is 0 Å². The molecule has 0 unspecified atom stereocenters. The summed E-state index contributed by atoms with van der Waals surface area (Å²) in [7, 11) is 0. The van der Waals surface area contributed by atoms with Crippen molar-refractivity contribution in [3.63, 3.8) is 0 Å². The highest BCUT2D eigenvalue weighted by Gasteiger charge is 2.04. The lowest BCUT2D eigenvalue weighted by Gasteiger charge is -2.02. The van der Waals surface area contributed by atoms with Crippen LogP contribution in [0.3, 0.4) is 0 Å². The van der Waals surface area contributed by atoms with Crippen molar-refractivity contribution >= 4 is 41.0 Å². The van der Waals surface area contributed by atoms with Gasteiger partial charge in [-0.15, -0.1) is 11.3 Å². The molecule has 0 fully saturated rings. The Hall–Kier alpha value is -0.770. The number of carbonyl (C=O) groups excluding carboxylic acids is 1. The molecule has 0 spiro atoms. The van der Waals surface area contributed by atoms with Crippen LogP contribution in [0.1, 0.15) is 10.4 Å². The highest BCUT2D eigenvalue weighted by molar-refractivity contribution is 8.01. The van der Waals surface area contributed by atoms with Crippen LogP contribution < -0.4 is 0 Å². The number of aldehydes is 1. The van der Waals surface area contributed by atoms with E-state index >= 15 is 0 Å². The predicted octanol–water partition coefficient (Wildman–Crippen LogP) is 4.37. The molecule has 15 heavy (non-hydrogen) atoms. The maximum atomic E-state index is 10.5. The third-order valence-electron chi connectivity index (χ3n) is 1.80. The largest absolute Gasteiger partial charge is 0.298 e. The molecular weight excluding hydrogens is 248 g/mol. The van der Waals surface area contributed by atoms with Gasteiger partial charge in [-0.3, -0.25) is 4.79 Å². The van der Waals surface area contributed by atoms with Crippen LogP contribution in [-0.2, 0) is 0 Å². The van der Waals surface area contributed by atoms with Gasteiger partial charge in [0.25, 0.3) is 0 Å². The number of carbonyl (C=O) groups is 1. The van der Waals surface area contributed by atoms with Crippen molar-refractivity contribution in [3.8, 4) is 0 Å². The van der Waals surface area contributed by atoms with Gasteiger partial charge in [0, 0.05) is 10.5 Å². The Labute approximate surface area is 101 Å². The number of rotatable bonds is 3. The van der Waals surface area contributed by atoms with Gasteiger partial charge in [0.05, 0.1) is 9.23 Å². The van der Waals surface area contributed by atoms with Crippen LogP contribution in [0.5, 0.6) is 0 Å². The van der Waals surface area contributed by atoms with Crippen LogP contribution >= 0.6 is 34.7 Å². The number of hydrogen-bond acceptors (Lipinski definition) is 3. The Kier molecular flexibility index (Phi) is 3.46. The summed E-state index contributed by atoms with van der Waals surface area (Å²) >= 11 is 9.33. The molecule has 0 radical (unpaired) electrons. The number of benzene rings is 1. The first kappa shape index (κ1) is 10.7. The van der Waals surface area contributed by atoms with Gasteiger partial charge in [-0.2, -0.15) is 0 Å². The first-order valence-corrected chi connectivity index (χ1v) is 6.33. The monoisotopic (exact) mass is 254 g/mol. The number of thiophene rings is 1. The average Bonchev–Trinajstić information content (AvgIpc) is 2.74. The molecule has 4 heteroatoms. The zero-order valence-corrected chi connectivity index (χ0v) is 10.0. The van der Waals surface area contributed by atoms with Gasteiger partial charge < -0.3 is 0 Å². The lowest BCUT2D eigenvalue weighted by atomic mass is 10.2. The Balaban J connectivity index is 2.26. The number of hydrogen-bond donors (Lipinski definition) is 0. The zero-order chi connectivity index (χ0) is 10.7. The molecule has 1 aromatic heterocycles. The molecule has 76 valence electrons. The first-order valence-electron chi connectivity index (χ1n) is 4.25. The number of halogens is 1. The second kappa shape index (κ2) is 4.84. The summed E-state index contributed by atoms with van der Waals surface area (Å²) < 4.78 is 1.19. The molecule has 0 saturated heterocycles. The van der Waals surface area contributed by atoms with Gasteiger partial charge in [-0.1, -0.05) is 35.5 Å². The van der Waals surface area contributed by atoms with Gasteiger partial charge in [0.1, 0.15) is 6.29 Å². The molecule has 2 aromatic rings. The van der Waals surface area contributed by atoms with Crippen molar-refractivity contribution in [2.45, 2.75) is 9.10 Å². The second-order valence-electron chi connectivity index (χ2n) is 2.84. The van der Waals surface area contributed by atoms with E-state index in [2.05, 4.69) is 0 Å². The Morgan fingerprint density at radius 2 is 2.20 bits per heavy atom. The van der Waals surface area contributed by atoms with E-state index in [1.807, 2.05) is 23.6 Å². The summed E-state index contributed by atoms with van der Waals surface area (Å²) in [4.78, 5) is 11.5. The Morgan fingerprint density at radius 3 is 2.80 bits per heavy atom. The van der Waals surface area contributed by atoms with E-state index in [0.29, 0.717) is 10.6 Å².